The van der Waals surface area contributed by atoms with Gasteiger partial charge in [0.25, 0.3) is 0 Å². The van der Waals surface area contributed by atoms with E-state index < -0.39 is 5.97 Å². The van der Waals surface area contributed by atoms with Crippen LogP contribution >= 0.6 is 0 Å². The summed E-state index contributed by atoms with van der Waals surface area (Å²) in [6.45, 7) is 3.12. The van der Waals surface area contributed by atoms with E-state index in [9.17, 15) is 9.90 Å². The van der Waals surface area contributed by atoms with Crippen molar-refractivity contribution in [2.45, 2.75) is 26.1 Å². The molecule has 2 aromatic rings. The molecule has 0 aromatic heterocycles. The van der Waals surface area contributed by atoms with Crippen LogP contribution in [-0.2, 0) is 30.9 Å². The number of ether oxygens (including phenoxy) is 2. The third-order valence-electron chi connectivity index (χ3n) is 4.64. The van der Waals surface area contributed by atoms with Crippen LogP contribution in [-0.4, -0.2) is 29.3 Å². The molecule has 0 radical (unpaired) electrons. The number of nitrogens with zero attached hydrogens (tertiary/aromatic N) is 1. The summed E-state index contributed by atoms with van der Waals surface area (Å²) >= 11 is 0. The molecule has 0 fully saturated rings. The van der Waals surface area contributed by atoms with Crippen LogP contribution in [0, 0.1) is 0 Å². The minimum Gasteiger partial charge on any atom is -0.478 e. The average Bonchev–Trinajstić information content (AvgIpc) is 2.61. The lowest BCUT2D eigenvalue weighted by Gasteiger charge is -2.30. The molecular weight excluding hydrogens is 306 g/mol. The van der Waals surface area contributed by atoms with Gasteiger partial charge in [-0.3, -0.25) is 4.90 Å². The van der Waals surface area contributed by atoms with Crippen molar-refractivity contribution in [3.05, 3.63) is 64.2 Å². The lowest BCUT2D eigenvalue weighted by atomic mass is 9.98. The van der Waals surface area contributed by atoms with Crippen molar-refractivity contribution in [2.75, 3.05) is 13.3 Å². The van der Waals surface area contributed by atoms with Gasteiger partial charge in [-0.15, -0.1) is 0 Å². The number of benzene rings is 2. The number of carboxylic acids is 1. The molecule has 124 valence electrons. The van der Waals surface area contributed by atoms with Gasteiger partial charge >= 0.3 is 5.97 Å². The Morgan fingerprint density at radius 1 is 1.17 bits per heavy atom. The molecule has 24 heavy (non-hydrogen) atoms. The zero-order chi connectivity index (χ0) is 16.5. The average molecular weight is 325 g/mol. The highest BCUT2D eigenvalue weighted by atomic mass is 16.7. The molecule has 0 bridgehead atoms. The Morgan fingerprint density at radius 2 is 2.00 bits per heavy atom. The Labute approximate surface area is 140 Å². The summed E-state index contributed by atoms with van der Waals surface area (Å²) in [4.78, 5) is 13.7. The monoisotopic (exact) mass is 325 g/mol. The summed E-state index contributed by atoms with van der Waals surface area (Å²) in [7, 11) is 0. The lowest BCUT2D eigenvalue weighted by molar-refractivity contribution is -0.0175. The third kappa shape index (κ3) is 2.88. The summed E-state index contributed by atoms with van der Waals surface area (Å²) in [5, 5.41) is 9.35. The maximum atomic E-state index is 11.4. The van der Waals surface area contributed by atoms with Crippen LogP contribution in [0.2, 0.25) is 0 Å². The largest absolute Gasteiger partial charge is 0.478 e. The van der Waals surface area contributed by atoms with E-state index in [4.69, 9.17) is 9.47 Å². The Morgan fingerprint density at radius 3 is 2.83 bits per heavy atom. The van der Waals surface area contributed by atoms with Gasteiger partial charge in [-0.2, -0.15) is 0 Å². The first-order valence-electron chi connectivity index (χ1n) is 8.09. The maximum Gasteiger partial charge on any atom is 0.335 e. The summed E-state index contributed by atoms with van der Waals surface area (Å²) in [5.74, 6) is -0.140. The third-order valence-corrected chi connectivity index (χ3v) is 4.64. The van der Waals surface area contributed by atoms with Crippen molar-refractivity contribution in [3.63, 3.8) is 0 Å². The number of hydrogen-bond donors (Lipinski definition) is 1. The van der Waals surface area contributed by atoms with Crippen molar-refractivity contribution in [1.29, 1.82) is 0 Å². The van der Waals surface area contributed by atoms with Gasteiger partial charge in [-0.25, -0.2) is 4.79 Å². The van der Waals surface area contributed by atoms with E-state index in [1.165, 1.54) is 11.1 Å². The van der Waals surface area contributed by atoms with Crippen molar-refractivity contribution in [3.8, 4) is 5.75 Å². The van der Waals surface area contributed by atoms with Crippen LogP contribution in [0.1, 0.15) is 32.6 Å². The lowest BCUT2D eigenvalue weighted by Crippen LogP contribution is -2.30. The Balaban J connectivity index is 1.62. The predicted molar refractivity (Wildman–Crippen MR) is 87.9 cm³/mol. The fourth-order valence-electron chi connectivity index (χ4n) is 3.47. The number of hydrogen-bond acceptors (Lipinski definition) is 4. The quantitative estimate of drug-likeness (QED) is 0.940. The number of aromatic carboxylic acids is 1. The van der Waals surface area contributed by atoms with E-state index in [1.807, 2.05) is 0 Å². The molecule has 0 aliphatic carbocycles. The van der Waals surface area contributed by atoms with Gasteiger partial charge in [0.05, 0.1) is 12.2 Å². The zero-order valence-corrected chi connectivity index (χ0v) is 13.3. The topological polar surface area (TPSA) is 59.0 Å². The van der Waals surface area contributed by atoms with Crippen molar-refractivity contribution >= 4 is 5.97 Å². The van der Waals surface area contributed by atoms with Crippen LogP contribution in [0.3, 0.4) is 0 Å². The fraction of sp³-hybridized carbons (Fsp3) is 0.316. The molecule has 4 rings (SSSR count). The van der Waals surface area contributed by atoms with Gasteiger partial charge < -0.3 is 14.6 Å². The number of rotatable bonds is 3. The number of carboxylic acid groups (broad SMARTS) is 1. The minimum atomic E-state index is -0.923. The second-order valence-corrected chi connectivity index (χ2v) is 6.27. The SMILES string of the molecule is O=C(O)c1cc2c(c(CN3CCc4ccccc4C3)c1)OCOC2. The van der Waals surface area contributed by atoms with E-state index in [0.29, 0.717) is 13.2 Å². The molecule has 0 spiro atoms. The first-order valence-corrected chi connectivity index (χ1v) is 8.09. The normalized spacial score (nSPS) is 16.8. The van der Waals surface area contributed by atoms with Gasteiger partial charge in [0, 0.05) is 30.8 Å². The summed E-state index contributed by atoms with van der Waals surface area (Å²) in [5.41, 5.74) is 4.77. The molecule has 0 unspecified atom stereocenters. The fourth-order valence-corrected chi connectivity index (χ4v) is 3.47. The smallest absolute Gasteiger partial charge is 0.335 e. The van der Waals surface area contributed by atoms with E-state index in [1.54, 1.807) is 12.1 Å². The summed E-state index contributed by atoms with van der Waals surface area (Å²) in [6.07, 6.45) is 1.01. The molecule has 5 nitrogen and oxygen atoms in total. The molecule has 2 aliphatic heterocycles. The zero-order valence-electron chi connectivity index (χ0n) is 13.3. The molecule has 5 heteroatoms. The van der Waals surface area contributed by atoms with Crippen LogP contribution < -0.4 is 4.74 Å². The first kappa shape index (κ1) is 15.2. The van der Waals surface area contributed by atoms with Crippen molar-refractivity contribution in [2.24, 2.45) is 0 Å². The van der Waals surface area contributed by atoms with Gasteiger partial charge in [-0.1, -0.05) is 24.3 Å². The molecular formula is C19H19NO4. The van der Waals surface area contributed by atoms with E-state index in [0.717, 1.165) is 36.4 Å². The number of fused-ring (bicyclic) bond motifs is 2. The predicted octanol–water partition coefficient (Wildman–Crippen LogP) is 2.81. The summed E-state index contributed by atoms with van der Waals surface area (Å²) in [6, 6.07) is 11.9. The van der Waals surface area contributed by atoms with Gasteiger partial charge in [0.2, 0.25) is 0 Å². The highest BCUT2D eigenvalue weighted by Crippen LogP contribution is 2.32. The van der Waals surface area contributed by atoms with Gasteiger partial charge in [0.15, 0.2) is 6.79 Å². The molecule has 0 saturated heterocycles. The second-order valence-electron chi connectivity index (χ2n) is 6.27. The Kier molecular flexibility index (Phi) is 3.96. The van der Waals surface area contributed by atoms with Crippen molar-refractivity contribution < 1.29 is 19.4 Å². The van der Waals surface area contributed by atoms with Crippen molar-refractivity contribution in [1.82, 2.24) is 4.90 Å². The van der Waals surface area contributed by atoms with Gasteiger partial charge in [0.1, 0.15) is 5.75 Å². The molecule has 0 amide bonds. The molecule has 0 atom stereocenters. The minimum absolute atomic E-state index is 0.218. The van der Waals surface area contributed by atoms with E-state index >= 15 is 0 Å². The van der Waals surface area contributed by atoms with E-state index in [2.05, 4.69) is 29.2 Å². The molecule has 2 aliphatic rings. The second kappa shape index (κ2) is 6.26. The molecule has 1 N–H and O–H groups in total. The summed E-state index contributed by atoms with van der Waals surface area (Å²) < 4.78 is 11.0. The maximum absolute atomic E-state index is 11.4. The highest BCUT2D eigenvalue weighted by Gasteiger charge is 2.22. The van der Waals surface area contributed by atoms with Crippen LogP contribution in [0.5, 0.6) is 5.75 Å². The molecule has 0 saturated carbocycles. The number of carbonyl (C=O) groups is 1. The van der Waals surface area contributed by atoms with Crippen LogP contribution in [0.25, 0.3) is 0 Å². The van der Waals surface area contributed by atoms with E-state index in [-0.39, 0.29) is 12.4 Å². The first-order chi connectivity index (χ1) is 11.7. The Bertz CT molecular complexity index is 787. The van der Waals surface area contributed by atoms with Crippen LogP contribution in [0.15, 0.2) is 36.4 Å². The molecule has 2 heterocycles. The molecule has 2 aromatic carbocycles. The highest BCUT2D eigenvalue weighted by molar-refractivity contribution is 5.88. The Hall–Kier alpha value is -2.37. The van der Waals surface area contributed by atoms with Crippen LogP contribution in [0.4, 0.5) is 0 Å². The standard InChI is InChI=1S/C19H19NO4/c21-19(22)15-7-16(18-17(8-15)11-23-12-24-18)10-20-6-5-13-3-1-2-4-14(13)9-20/h1-4,7-8H,5-6,9-12H2,(H,21,22). The van der Waals surface area contributed by atoms with Gasteiger partial charge in [-0.05, 0) is 29.7 Å².